The summed E-state index contributed by atoms with van der Waals surface area (Å²) >= 11 is 0. The zero-order valence-corrected chi connectivity index (χ0v) is 8.81. The van der Waals surface area contributed by atoms with E-state index in [0.29, 0.717) is 6.42 Å². The van der Waals surface area contributed by atoms with Crippen molar-refractivity contribution in [2.75, 3.05) is 0 Å². The first-order valence-corrected chi connectivity index (χ1v) is 5.17. The Morgan fingerprint density at radius 3 is 2.20 bits per heavy atom. The lowest BCUT2D eigenvalue weighted by Gasteiger charge is -2.12. The van der Waals surface area contributed by atoms with Gasteiger partial charge in [-0.15, -0.1) is 0 Å². The van der Waals surface area contributed by atoms with Gasteiger partial charge in [-0.3, -0.25) is 4.79 Å². The summed E-state index contributed by atoms with van der Waals surface area (Å²) < 4.78 is 35.6. The van der Waals surface area contributed by atoms with Gasteiger partial charge in [-0.2, -0.15) is 13.2 Å². The van der Waals surface area contributed by atoms with E-state index in [-0.39, 0.29) is 6.42 Å². The van der Waals surface area contributed by atoms with Crippen LogP contribution in [0.25, 0.3) is 0 Å². The van der Waals surface area contributed by atoms with Crippen LogP contribution in [0.2, 0.25) is 0 Å². The van der Waals surface area contributed by atoms with Crippen molar-refractivity contribution in [2.45, 2.75) is 57.7 Å². The molecule has 0 radical (unpaired) electrons. The minimum atomic E-state index is -4.82. The van der Waals surface area contributed by atoms with Crippen molar-refractivity contribution in [1.82, 2.24) is 0 Å². The highest BCUT2D eigenvalue weighted by molar-refractivity contribution is 5.83. The number of aliphatic hydroxyl groups excluding tert-OH is 1. The van der Waals surface area contributed by atoms with Crippen molar-refractivity contribution in [3.8, 4) is 0 Å². The molecule has 0 aromatic heterocycles. The molecule has 0 aromatic carbocycles. The lowest BCUT2D eigenvalue weighted by atomic mass is 10.1. The molecule has 1 N–H and O–H groups in total. The fourth-order valence-corrected chi connectivity index (χ4v) is 1.22. The number of halogens is 3. The number of hydrogen-bond donors (Lipinski definition) is 1. The molecule has 15 heavy (non-hydrogen) atoms. The van der Waals surface area contributed by atoms with E-state index in [9.17, 15) is 18.0 Å². The van der Waals surface area contributed by atoms with Crippen molar-refractivity contribution < 1.29 is 23.1 Å². The van der Waals surface area contributed by atoms with Gasteiger partial charge in [0.1, 0.15) is 0 Å². The van der Waals surface area contributed by atoms with Crippen LogP contribution in [-0.2, 0) is 4.79 Å². The van der Waals surface area contributed by atoms with Crippen LogP contribution in [0.3, 0.4) is 0 Å². The Labute approximate surface area is 87.5 Å². The summed E-state index contributed by atoms with van der Waals surface area (Å²) in [4.78, 5) is 10.9. The van der Waals surface area contributed by atoms with E-state index < -0.39 is 18.1 Å². The number of ketones is 1. The molecule has 2 nitrogen and oxygen atoms in total. The summed E-state index contributed by atoms with van der Waals surface area (Å²) in [5.41, 5.74) is 0. The molecule has 0 fully saturated rings. The van der Waals surface area contributed by atoms with Crippen molar-refractivity contribution in [2.24, 2.45) is 0 Å². The Balaban J connectivity index is 3.66. The number of hydrogen-bond acceptors (Lipinski definition) is 2. The summed E-state index contributed by atoms with van der Waals surface area (Å²) in [6.45, 7) is 2.03. The Morgan fingerprint density at radius 1 is 1.20 bits per heavy atom. The van der Waals surface area contributed by atoms with Crippen molar-refractivity contribution in [3.05, 3.63) is 0 Å². The first-order chi connectivity index (χ1) is 6.89. The van der Waals surface area contributed by atoms with Gasteiger partial charge in [0, 0.05) is 6.42 Å². The monoisotopic (exact) mass is 226 g/mol. The molecule has 0 saturated carbocycles. The second-order valence-electron chi connectivity index (χ2n) is 3.57. The second-order valence-corrected chi connectivity index (χ2v) is 3.57. The highest BCUT2D eigenvalue weighted by atomic mass is 19.4. The molecule has 90 valence electrons. The topological polar surface area (TPSA) is 37.3 Å². The van der Waals surface area contributed by atoms with Crippen LogP contribution in [0.15, 0.2) is 0 Å². The quantitative estimate of drug-likeness (QED) is 0.678. The lowest BCUT2D eigenvalue weighted by molar-refractivity contribution is -0.203. The predicted octanol–water partition coefficient (Wildman–Crippen LogP) is 2.84. The van der Waals surface area contributed by atoms with Gasteiger partial charge in [0.05, 0.1) is 0 Å². The van der Waals surface area contributed by atoms with Gasteiger partial charge in [-0.05, 0) is 6.42 Å². The number of rotatable bonds is 7. The van der Waals surface area contributed by atoms with Crippen LogP contribution >= 0.6 is 0 Å². The van der Waals surface area contributed by atoms with Gasteiger partial charge in [0.15, 0.2) is 5.78 Å². The number of carbonyl (C=O) groups is 1. The van der Waals surface area contributed by atoms with E-state index in [1.807, 2.05) is 6.92 Å². The Hall–Kier alpha value is -0.580. The second kappa shape index (κ2) is 6.82. The average molecular weight is 226 g/mol. The van der Waals surface area contributed by atoms with E-state index in [4.69, 9.17) is 5.11 Å². The maximum atomic E-state index is 11.9. The highest BCUT2D eigenvalue weighted by Gasteiger charge is 2.42. The minimum absolute atomic E-state index is 0.190. The number of aliphatic hydroxyl groups is 1. The van der Waals surface area contributed by atoms with E-state index in [1.165, 1.54) is 0 Å². The maximum Gasteiger partial charge on any atom is 0.421 e. The molecule has 0 aromatic rings. The highest BCUT2D eigenvalue weighted by Crippen LogP contribution is 2.22. The van der Waals surface area contributed by atoms with Crippen molar-refractivity contribution >= 4 is 5.78 Å². The van der Waals surface area contributed by atoms with Gasteiger partial charge in [0.25, 0.3) is 0 Å². The van der Waals surface area contributed by atoms with Crippen LogP contribution in [0.1, 0.15) is 45.4 Å². The Bertz CT molecular complexity index is 190. The number of Topliss-reactive ketones (excluding diaryl/α,β-unsaturated/α-hetero) is 1. The molecule has 0 aliphatic rings. The van der Waals surface area contributed by atoms with Crippen LogP contribution < -0.4 is 0 Å². The molecule has 0 aliphatic heterocycles. The standard InChI is InChI=1S/C10H17F3O2/c1-2-3-4-5-6-7-8(14)9(15)10(11,12)13/h9,15H,2-7H2,1H3. The average Bonchev–Trinajstić information content (AvgIpc) is 2.14. The summed E-state index contributed by atoms with van der Waals surface area (Å²) in [7, 11) is 0. The van der Waals surface area contributed by atoms with Gasteiger partial charge in [-0.25, -0.2) is 0 Å². The third-order valence-electron chi connectivity index (χ3n) is 2.14. The number of carbonyl (C=O) groups excluding carboxylic acids is 1. The molecule has 5 heteroatoms. The molecule has 0 aliphatic carbocycles. The van der Waals surface area contributed by atoms with Gasteiger partial charge in [-0.1, -0.05) is 32.6 Å². The summed E-state index contributed by atoms with van der Waals surface area (Å²) in [6, 6.07) is 0. The van der Waals surface area contributed by atoms with E-state index in [0.717, 1.165) is 25.7 Å². The SMILES string of the molecule is CCCCCCCC(=O)C(O)C(F)(F)F. The molecule has 0 saturated heterocycles. The van der Waals surface area contributed by atoms with E-state index in [2.05, 4.69) is 0 Å². The van der Waals surface area contributed by atoms with Crippen LogP contribution in [0.5, 0.6) is 0 Å². The third-order valence-corrected chi connectivity index (χ3v) is 2.14. The predicted molar refractivity (Wildman–Crippen MR) is 50.4 cm³/mol. The molecule has 0 bridgehead atoms. The molecular formula is C10H17F3O2. The lowest BCUT2D eigenvalue weighted by Crippen LogP contribution is -2.36. The maximum absolute atomic E-state index is 11.9. The Morgan fingerprint density at radius 2 is 1.73 bits per heavy atom. The Kier molecular flexibility index (Phi) is 6.56. The van der Waals surface area contributed by atoms with E-state index in [1.54, 1.807) is 0 Å². The van der Waals surface area contributed by atoms with Crippen molar-refractivity contribution in [3.63, 3.8) is 0 Å². The number of alkyl halides is 3. The normalized spacial score (nSPS) is 13.9. The molecule has 0 heterocycles. The zero-order valence-electron chi connectivity index (χ0n) is 8.81. The first-order valence-electron chi connectivity index (χ1n) is 5.17. The van der Waals surface area contributed by atoms with Crippen LogP contribution in [0, 0.1) is 0 Å². The van der Waals surface area contributed by atoms with E-state index >= 15 is 0 Å². The molecule has 1 unspecified atom stereocenters. The largest absolute Gasteiger partial charge is 0.421 e. The zero-order chi connectivity index (χ0) is 11.9. The molecule has 0 amide bonds. The first kappa shape index (κ1) is 14.4. The van der Waals surface area contributed by atoms with Gasteiger partial charge < -0.3 is 5.11 Å². The summed E-state index contributed by atoms with van der Waals surface area (Å²) in [5, 5.41) is 8.58. The fraction of sp³-hybridized carbons (Fsp3) is 0.900. The van der Waals surface area contributed by atoms with Crippen LogP contribution in [-0.4, -0.2) is 23.2 Å². The molecular weight excluding hydrogens is 209 g/mol. The number of unbranched alkanes of at least 4 members (excludes halogenated alkanes) is 4. The summed E-state index contributed by atoms with van der Waals surface area (Å²) in [6.07, 6.45) is -3.66. The van der Waals surface area contributed by atoms with Crippen molar-refractivity contribution in [1.29, 1.82) is 0 Å². The van der Waals surface area contributed by atoms with Gasteiger partial charge >= 0.3 is 6.18 Å². The minimum Gasteiger partial charge on any atom is -0.377 e. The smallest absolute Gasteiger partial charge is 0.377 e. The fourth-order valence-electron chi connectivity index (χ4n) is 1.22. The summed E-state index contributed by atoms with van der Waals surface area (Å²) in [5.74, 6) is -1.13. The molecule has 0 rings (SSSR count). The van der Waals surface area contributed by atoms with Gasteiger partial charge in [0.2, 0.25) is 6.10 Å². The van der Waals surface area contributed by atoms with Crippen LogP contribution in [0.4, 0.5) is 13.2 Å². The third kappa shape index (κ3) is 6.49. The molecule has 1 atom stereocenters. The molecule has 0 spiro atoms.